The van der Waals surface area contributed by atoms with E-state index < -0.39 is 10.0 Å². The van der Waals surface area contributed by atoms with Crippen LogP contribution in [0, 0.1) is 0 Å². The zero-order chi connectivity index (χ0) is 19.3. The summed E-state index contributed by atoms with van der Waals surface area (Å²) >= 11 is 5.71. The van der Waals surface area contributed by atoms with Gasteiger partial charge in [0, 0.05) is 31.2 Å². The third kappa shape index (κ3) is 4.77. The Balaban J connectivity index is 1.71. The van der Waals surface area contributed by atoms with Gasteiger partial charge in [-0.05, 0) is 42.7 Å². The van der Waals surface area contributed by atoms with Crippen LogP contribution in [0.25, 0.3) is 5.69 Å². The first-order valence-corrected chi connectivity index (χ1v) is 10.7. The van der Waals surface area contributed by atoms with Gasteiger partial charge in [-0.15, -0.1) is 11.6 Å². The van der Waals surface area contributed by atoms with Crippen LogP contribution in [0.1, 0.15) is 17.5 Å². The maximum absolute atomic E-state index is 12.8. The van der Waals surface area contributed by atoms with E-state index >= 15 is 0 Å². The van der Waals surface area contributed by atoms with Crippen molar-refractivity contribution in [3.8, 4) is 5.69 Å². The molecule has 0 amide bonds. The number of nitrogens with zero attached hydrogens (tertiary/aromatic N) is 3. The van der Waals surface area contributed by atoms with E-state index in [9.17, 15) is 8.42 Å². The fourth-order valence-corrected chi connectivity index (χ4v) is 4.08. The van der Waals surface area contributed by atoms with Crippen LogP contribution in [0.2, 0.25) is 0 Å². The first-order valence-electron chi connectivity index (χ1n) is 8.71. The van der Waals surface area contributed by atoms with Crippen molar-refractivity contribution in [3.63, 3.8) is 0 Å². The predicted molar refractivity (Wildman–Crippen MR) is 108 cm³/mol. The highest BCUT2D eigenvalue weighted by Crippen LogP contribution is 2.18. The number of aromatic nitrogens is 2. The summed E-state index contributed by atoms with van der Waals surface area (Å²) < 4.78 is 28.7. The van der Waals surface area contributed by atoms with Crippen LogP contribution >= 0.6 is 11.6 Å². The molecular weight excluding hydrogens is 382 g/mol. The third-order valence-corrected chi connectivity index (χ3v) is 6.38. The lowest BCUT2D eigenvalue weighted by molar-refractivity contribution is 0.466. The average molecular weight is 404 g/mol. The number of benzene rings is 2. The Hall–Kier alpha value is -2.15. The second-order valence-corrected chi connectivity index (χ2v) is 8.75. The van der Waals surface area contributed by atoms with Gasteiger partial charge in [-0.3, -0.25) is 0 Å². The summed E-state index contributed by atoms with van der Waals surface area (Å²) in [5, 5.41) is 4.32. The Morgan fingerprint density at radius 3 is 2.41 bits per heavy atom. The van der Waals surface area contributed by atoms with E-state index in [0.717, 1.165) is 29.7 Å². The quantitative estimate of drug-likeness (QED) is 0.536. The molecule has 0 radical (unpaired) electrons. The van der Waals surface area contributed by atoms with E-state index in [4.69, 9.17) is 11.6 Å². The van der Waals surface area contributed by atoms with Crippen molar-refractivity contribution in [2.24, 2.45) is 0 Å². The molecule has 3 rings (SSSR count). The molecule has 0 saturated heterocycles. The standard InChI is InChI=1S/C20H22ClN3O2S/c1-23(15-18-14-22-24(16-18)19-7-3-2-4-8-19)27(25,26)20-11-9-17(10-12-20)6-5-13-21/h2-4,7-12,14,16H,5-6,13,15H2,1H3. The van der Waals surface area contributed by atoms with Gasteiger partial charge in [0.15, 0.2) is 0 Å². The first kappa shape index (κ1) is 19.6. The molecule has 0 atom stereocenters. The van der Waals surface area contributed by atoms with Gasteiger partial charge in [0.2, 0.25) is 10.0 Å². The lowest BCUT2D eigenvalue weighted by atomic mass is 10.1. The number of para-hydroxylation sites is 1. The lowest BCUT2D eigenvalue weighted by Gasteiger charge is -2.16. The minimum Gasteiger partial charge on any atom is -0.241 e. The zero-order valence-corrected chi connectivity index (χ0v) is 16.7. The molecule has 142 valence electrons. The number of alkyl halides is 1. The van der Waals surface area contributed by atoms with Gasteiger partial charge in [-0.1, -0.05) is 30.3 Å². The van der Waals surface area contributed by atoms with Crippen LogP contribution in [-0.2, 0) is 23.0 Å². The van der Waals surface area contributed by atoms with Gasteiger partial charge in [0.1, 0.15) is 0 Å². The molecule has 0 fully saturated rings. The topological polar surface area (TPSA) is 55.2 Å². The van der Waals surface area contributed by atoms with E-state index in [2.05, 4.69) is 5.10 Å². The second-order valence-electron chi connectivity index (χ2n) is 6.33. The van der Waals surface area contributed by atoms with Gasteiger partial charge >= 0.3 is 0 Å². The maximum atomic E-state index is 12.8. The van der Waals surface area contributed by atoms with E-state index in [1.54, 1.807) is 30.1 Å². The second kappa shape index (κ2) is 8.69. The van der Waals surface area contributed by atoms with Crippen LogP contribution in [0.15, 0.2) is 71.9 Å². The van der Waals surface area contributed by atoms with Gasteiger partial charge in [-0.25, -0.2) is 13.1 Å². The number of hydrogen-bond acceptors (Lipinski definition) is 3. The molecule has 3 aromatic rings. The van der Waals surface area contributed by atoms with Crippen LogP contribution < -0.4 is 0 Å². The predicted octanol–water partition coefficient (Wildman–Crippen LogP) is 3.86. The van der Waals surface area contributed by atoms with Crippen LogP contribution in [-0.4, -0.2) is 35.4 Å². The molecule has 27 heavy (non-hydrogen) atoms. The Kier molecular flexibility index (Phi) is 6.31. The summed E-state index contributed by atoms with van der Waals surface area (Å²) in [4.78, 5) is 0.287. The molecule has 0 aliphatic rings. The van der Waals surface area contributed by atoms with Gasteiger partial charge < -0.3 is 0 Å². The minimum absolute atomic E-state index is 0.253. The van der Waals surface area contributed by atoms with E-state index in [1.807, 2.05) is 48.7 Å². The lowest BCUT2D eigenvalue weighted by Crippen LogP contribution is -2.26. The van der Waals surface area contributed by atoms with E-state index in [0.29, 0.717) is 5.88 Å². The summed E-state index contributed by atoms with van der Waals surface area (Å²) in [6, 6.07) is 16.7. The fourth-order valence-electron chi connectivity index (χ4n) is 2.78. The SMILES string of the molecule is CN(Cc1cnn(-c2ccccc2)c1)S(=O)(=O)c1ccc(CCCCl)cc1. The number of aryl methyl sites for hydroxylation is 1. The van der Waals surface area contributed by atoms with Crippen molar-refractivity contribution in [1.29, 1.82) is 0 Å². The highest BCUT2D eigenvalue weighted by atomic mass is 35.5. The van der Waals surface area contributed by atoms with Gasteiger partial charge in [0.25, 0.3) is 0 Å². The van der Waals surface area contributed by atoms with Gasteiger partial charge in [-0.2, -0.15) is 9.40 Å². The average Bonchev–Trinajstić information content (AvgIpc) is 3.16. The van der Waals surface area contributed by atoms with Crippen LogP contribution in [0.5, 0.6) is 0 Å². The minimum atomic E-state index is -3.56. The summed E-state index contributed by atoms with van der Waals surface area (Å²) in [6.45, 7) is 0.253. The molecule has 1 aromatic heterocycles. The molecular formula is C20H22ClN3O2S. The summed E-state index contributed by atoms with van der Waals surface area (Å²) in [5.74, 6) is 0.597. The van der Waals surface area contributed by atoms with E-state index in [1.165, 1.54) is 4.31 Å². The Bertz CT molecular complexity index is 970. The molecule has 0 saturated carbocycles. The van der Waals surface area contributed by atoms with Crippen molar-refractivity contribution >= 4 is 21.6 Å². The molecule has 0 aliphatic heterocycles. The molecule has 0 N–H and O–H groups in total. The summed E-state index contributed by atoms with van der Waals surface area (Å²) in [6.07, 6.45) is 5.25. The third-order valence-electron chi connectivity index (χ3n) is 4.29. The van der Waals surface area contributed by atoms with E-state index in [-0.39, 0.29) is 11.4 Å². The van der Waals surface area contributed by atoms with Crippen molar-refractivity contribution in [1.82, 2.24) is 14.1 Å². The first-order chi connectivity index (χ1) is 13.0. The molecule has 1 heterocycles. The smallest absolute Gasteiger partial charge is 0.241 e. The van der Waals surface area contributed by atoms with Crippen molar-refractivity contribution < 1.29 is 8.42 Å². The Labute approximate surface area is 165 Å². The maximum Gasteiger partial charge on any atom is 0.243 e. The molecule has 0 aliphatic carbocycles. The summed E-state index contributed by atoms with van der Waals surface area (Å²) in [5.41, 5.74) is 2.84. The Morgan fingerprint density at radius 2 is 1.74 bits per heavy atom. The number of rotatable bonds is 8. The molecule has 0 bridgehead atoms. The molecule has 0 spiro atoms. The highest BCUT2D eigenvalue weighted by molar-refractivity contribution is 7.89. The molecule has 2 aromatic carbocycles. The zero-order valence-electron chi connectivity index (χ0n) is 15.1. The normalized spacial score (nSPS) is 11.8. The largest absolute Gasteiger partial charge is 0.243 e. The number of halogens is 1. The number of sulfonamides is 1. The highest BCUT2D eigenvalue weighted by Gasteiger charge is 2.21. The Morgan fingerprint density at radius 1 is 1.04 bits per heavy atom. The molecule has 5 nitrogen and oxygen atoms in total. The monoisotopic (exact) mass is 403 g/mol. The van der Waals surface area contributed by atoms with Crippen LogP contribution in [0.4, 0.5) is 0 Å². The van der Waals surface area contributed by atoms with Crippen LogP contribution in [0.3, 0.4) is 0 Å². The van der Waals surface area contributed by atoms with Crippen molar-refractivity contribution in [2.45, 2.75) is 24.3 Å². The van der Waals surface area contributed by atoms with Crippen molar-refractivity contribution in [2.75, 3.05) is 12.9 Å². The fraction of sp³-hybridized carbons (Fsp3) is 0.250. The summed E-state index contributed by atoms with van der Waals surface area (Å²) in [7, 11) is -1.98. The molecule has 7 heteroatoms. The number of hydrogen-bond donors (Lipinski definition) is 0. The molecule has 0 unspecified atom stereocenters. The van der Waals surface area contributed by atoms with Gasteiger partial charge in [0.05, 0.1) is 16.8 Å². The van der Waals surface area contributed by atoms with Crippen molar-refractivity contribution in [3.05, 3.63) is 78.1 Å².